The van der Waals surface area contributed by atoms with E-state index in [1.165, 1.54) is 12.0 Å². The van der Waals surface area contributed by atoms with Gasteiger partial charge in [0, 0.05) is 18.3 Å². The van der Waals surface area contributed by atoms with E-state index in [-0.39, 0.29) is 0 Å². The maximum absolute atomic E-state index is 4.81. The van der Waals surface area contributed by atoms with Gasteiger partial charge in [-0.3, -0.25) is 3.63 Å². The maximum Gasteiger partial charge on any atom is 0.205 e. The standard InChI is InChI=1S/CH3BOS2/c1-4-3-5-2/h1H3. The molecule has 0 saturated heterocycles. The molecular formula is CH3BOS2. The van der Waals surface area contributed by atoms with E-state index >= 15 is 0 Å². The van der Waals surface area contributed by atoms with Gasteiger partial charge in [0.25, 0.3) is 0 Å². The lowest BCUT2D eigenvalue weighted by molar-refractivity contribution is 0.776. The summed E-state index contributed by atoms with van der Waals surface area (Å²) in [6, 6.07) is 0. The molecule has 1 nitrogen and oxygen atoms in total. The molecular weight excluding hydrogens is 103 g/mol. The summed E-state index contributed by atoms with van der Waals surface area (Å²) >= 11 is 2.10. The summed E-state index contributed by atoms with van der Waals surface area (Å²) in [6.07, 6.45) is 1.81. The van der Waals surface area contributed by atoms with Crippen molar-refractivity contribution < 1.29 is 3.63 Å². The van der Waals surface area contributed by atoms with Crippen LogP contribution in [0.25, 0.3) is 0 Å². The second kappa shape index (κ2) is 4.72. The highest BCUT2D eigenvalue weighted by atomic mass is 32.2. The molecule has 0 heterocycles. The first-order chi connectivity index (χ1) is 2.41. The fraction of sp³-hybridized carbons (Fsp3) is 1.00. The second-order valence-corrected chi connectivity index (χ2v) is 1.40. The number of hydrogen-bond acceptors (Lipinski definition) is 3. The van der Waals surface area contributed by atoms with Crippen LogP contribution in [0.5, 0.6) is 0 Å². The van der Waals surface area contributed by atoms with E-state index in [4.69, 9.17) is 7.12 Å². The van der Waals surface area contributed by atoms with Gasteiger partial charge >= 0.3 is 0 Å². The van der Waals surface area contributed by atoms with E-state index in [1.54, 1.807) is 6.26 Å². The lowest BCUT2D eigenvalue weighted by atomic mass is 10.8. The summed E-state index contributed by atoms with van der Waals surface area (Å²) in [6.45, 7) is 0. The Morgan fingerprint density at radius 3 is 2.40 bits per heavy atom. The molecule has 0 amide bonds. The van der Waals surface area contributed by atoms with Crippen LogP contribution >= 0.6 is 23.9 Å². The zero-order valence-electron chi connectivity index (χ0n) is 2.80. The van der Waals surface area contributed by atoms with Crippen LogP contribution in [0, 0.1) is 0 Å². The molecule has 0 unspecified atom stereocenters. The molecule has 0 aliphatic carbocycles. The third kappa shape index (κ3) is 4.72. The van der Waals surface area contributed by atoms with Gasteiger partial charge in [-0.25, -0.2) is 0 Å². The highest BCUT2D eigenvalue weighted by molar-refractivity contribution is 8.21. The lowest BCUT2D eigenvalue weighted by Crippen LogP contribution is -1.53. The molecule has 0 aliphatic heterocycles. The fourth-order valence-corrected chi connectivity index (χ4v) is 0.354. The minimum Gasteiger partial charge on any atom is -0.261 e. The average Bonchev–Trinajstić information content (AvgIpc) is 1.41. The van der Waals surface area contributed by atoms with Gasteiger partial charge in [-0.15, -0.1) is 0 Å². The van der Waals surface area contributed by atoms with Crippen molar-refractivity contribution in [3.63, 3.8) is 0 Å². The molecule has 28 valence electrons. The molecule has 0 rings (SSSR count). The van der Waals surface area contributed by atoms with E-state index in [1.807, 2.05) is 0 Å². The zero-order valence-corrected chi connectivity index (χ0v) is 4.44. The SMILES string of the molecule is [B]SOSC. The van der Waals surface area contributed by atoms with Gasteiger partial charge < -0.3 is 0 Å². The summed E-state index contributed by atoms with van der Waals surface area (Å²) in [5.74, 6) is 0. The summed E-state index contributed by atoms with van der Waals surface area (Å²) in [5.41, 5.74) is 0. The van der Waals surface area contributed by atoms with Crippen molar-refractivity contribution in [2.45, 2.75) is 0 Å². The Morgan fingerprint density at radius 1 is 1.80 bits per heavy atom. The van der Waals surface area contributed by atoms with Gasteiger partial charge in [0.15, 0.2) is 0 Å². The van der Waals surface area contributed by atoms with Crippen molar-refractivity contribution in [3.05, 3.63) is 0 Å². The molecule has 0 aromatic heterocycles. The highest BCUT2D eigenvalue weighted by Gasteiger charge is 1.66. The largest absolute Gasteiger partial charge is 0.261 e. The van der Waals surface area contributed by atoms with Crippen LogP contribution < -0.4 is 0 Å². The van der Waals surface area contributed by atoms with E-state index < -0.39 is 0 Å². The Labute approximate surface area is 41.6 Å². The smallest absolute Gasteiger partial charge is 0.205 e. The normalized spacial score (nSPS) is 8.20. The number of rotatable bonds is 2. The monoisotopic (exact) mass is 106 g/mol. The first-order valence-electron chi connectivity index (χ1n) is 0.977. The molecule has 0 N–H and O–H groups in total. The molecule has 0 fully saturated rings. The Morgan fingerprint density at radius 2 is 2.40 bits per heavy atom. The molecule has 0 aromatic rings. The minimum absolute atomic E-state index is 0.865. The van der Waals surface area contributed by atoms with Crippen LogP contribution in [0.1, 0.15) is 0 Å². The van der Waals surface area contributed by atoms with Gasteiger partial charge in [0.05, 0.1) is 0 Å². The van der Waals surface area contributed by atoms with Crippen LogP contribution in [0.15, 0.2) is 0 Å². The maximum atomic E-state index is 4.81. The molecule has 0 saturated carbocycles. The first-order valence-corrected chi connectivity index (χ1v) is 2.93. The van der Waals surface area contributed by atoms with Crippen LogP contribution in [-0.4, -0.2) is 13.4 Å². The first kappa shape index (κ1) is 5.72. The van der Waals surface area contributed by atoms with Crippen LogP contribution in [0.4, 0.5) is 0 Å². The lowest BCUT2D eigenvalue weighted by Gasteiger charge is -1.83. The molecule has 0 bridgehead atoms. The van der Waals surface area contributed by atoms with E-state index in [9.17, 15) is 0 Å². The summed E-state index contributed by atoms with van der Waals surface area (Å²) < 4.78 is 4.44. The van der Waals surface area contributed by atoms with Gasteiger partial charge in [0.1, 0.15) is 0 Å². The predicted molar refractivity (Wildman–Crippen MR) is 27.9 cm³/mol. The van der Waals surface area contributed by atoms with Gasteiger partial charge in [-0.05, 0) is 0 Å². The predicted octanol–water partition coefficient (Wildman–Crippen LogP) is 1.01. The van der Waals surface area contributed by atoms with Crippen molar-refractivity contribution in [1.82, 2.24) is 0 Å². The zero-order chi connectivity index (χ0) is 4.12. The molecule has 0 aromatic carbocycles. The molecule has 4 heteroatoms. The summed E-state index contributed by atoms with van der Waals surface area (Å²) in [5, 5.41) is 0. The third-order valence-corrected chi connectivity index (χ3v) is 0.966. The van der Waals surface area contributed by atoms with Gasteiger partial charge in [0.2, 0.25) is 7.12 Å². The van der Waals surface area contributed by atoms with Crippen LogP contribution in [0.3, 0.4) is 0 Å². The van der Waals surface area contributed by atoms with Crippen LogP contribution in [0.2, 0.25) is 0 Å². The van der Waals surface area contributed by atoms with Gasteiger partial charge in [-0.2, -0.15) is 0 Å². The quantitative estimate of drug-likeness (QED) is 0.384. The highest BCUT2D eigenvalue weighted by Crippen LogP contribution is 2.03. The Balaban J connectivity index is 2.19. The Bertz CT molecular complexity index is 17.1. The third-order valence-electron chi connectivity index (χ3n) is 0.107. The van der Waals surface area contributed by atoms with Crippen LogP contribution in [-0.2, 0) is 3.63 Å². The van der Waals surface area contributed by atoms with E-state index in [2.05, 4.69) is 3.63 Å². The van der Waals surface area contributed by atoms with Crippen molar-refractivity contribution in [1.29, 1.82) is 0 Å². The fourth-order valence-electron chi connectivity index (χ4n) is 0.0393. The van der Waals surface area contributed by atoms with Crippen molar-refractivity contribution in [2.24, 2.45) is 0 Å². The molecule has 2 radical (unpaired) electrons. The average molecular weight is 106 g/mol. The van der Waals surface area contributed by atoms with Crippen molar-refractivity contribution in [2.75, 3.05) is 6.26 Å². The molecule has 0 spiro atoms. The van der Waals surface area contributed by atoms with E-state index in [0.29, 0.717) is 0 Å². The van der Waals surface area contributed by atoms with E-state index in [0.717, 1.165) is 11.9 Å². The van der Waals surface area contributed by atoms with Gasteiger partial charge in [-0.1, -0.05) is 11.9 Å². The molecule has 0 atom stereocenters. The Kier molecular flexibility index (Phi) is 5.41. The van der Waals surface area contributed by atoms with Crippen molar-refractivity contribution >= 4 is 31.1 Å². The molecule has 0 aliphatic rings. The van der Waals surface area contributed by atoms with Crippen molar-refractivity contribution in [3.8, 4) is 0 Å². The molecule has 5 heavy (non-hydrogen) atoms. The topological polar surface area (TPSA) is 9.23 Å². The summed E-state index contributed by atoms with van der Waals surface area (Å²) in [7, 11) is 4.81. The summed E-state index contributed by atoms with van der Waals surface area (Å²) in [4.78, 5) is 0. The number of hydrogen-bond donors (Lipinski definition) is 0. The second-order valence-electron chi connectivity index (χ2n) is 0.331. The minimum atomic E-state index is 0.865. The Hall–Kier alpha value is 0.725.